The number of rotatable bonds is 11. The lowest BCUT2D eigenvalue weighted by atomic mass is 9.99. The summed E-state index contributed by atoms with van der Waals surface area (Å²) in [6, 6.07) is 0. The Morgan fingerprint density at radius 1 is 1.06 bits per heavy atom. The molecule has 0 aliphatic rings. The molecule has 1 unspecified atom stereocenters. The van der Waals surface area contributed by atoms with Crippen LogP contribution in [0.2, 0.25) is 0 Å². The summed E-state index contributed by atoms with van der Waals surface area (Å²) in [5, 5.41) is 3.02. The van der Waals surface area contributed by atoms with Crippen LogP contribution in [0.4, 0.5) is 0 Å². The van der Waals surface area contributed by atoms with Crippen molar-refractivity contribution in [3.63, 3.8) is 0 Å². The van der Waals surface area contributed by atoms with E-state index >= 15 is 0 Å². The molecule has 0 aromatic carbocycles. The zero-order chi connectivity index (χ0) is 13.8. The number of carbonyl (C=O) groups is 1. The number of hydrogen-bond acceptors (Lipinski definition) is 1. The minimum Gasteiger partial charge on any atom is -0.355 e. The molecule has 1 atom stereocenters. The van der Waals surface area contributed by atoms with Crippen LogP contribution in [0.1, 0.15) is 72.1 Å². The maximum atomic E-state index is 11.6. The van der Waals surface area contributed by atoms with Gasteiger partial charge in [-0.3, -0.25) is 4.79 Å². The van der Waals surface area contributed by atoms with Crippen LogP contribution in [0, 0.1) is 5.92 Å². The topological polar surface area (TPSA) is 29.1 Å². The van der Waals surface area contributed by atoms with Gasteiger partial charge in [-0.1, -0.05) is 59.3 Å². The van der Waals surface area contributed by atoms with Crippen molar-refractivity contribution >= 4 is 17.5 Å². The summed E-state index contributed by atoms with van der Waals surface area (Å²) < 4.78 is 0. The minimum atomic E-state index is 0.0732. The lowest BCUT2D eigenvalue weighted by Crippen LogP contribution is -2.33. The largest absolute Gasteiger partial charge is 0.355 e. The highest BCUT2D eigenvalue weighted by Crippen LogP contribution is 2.17. The van der Waals surface area contributed by atoms with E-state index in [9.17, 15) is 4.79 Å². The third-order valence-corrected chi connectivity index (χ3v) is 4.07. The second-order valence-electron chi connectivity index (χ2n) is 5.06. The first-order valence-corrected chi connectivity index (χ1v) is 8.00. The van der Waals surface area contributed by atoms with Crippen molar-refractivity contribution in [2.75, 3.05) is 6.54 Å². The molecule has 0 aromatic heterocycles. The number of halogens is 1. The number of nitrogens with one attached hydrogen (secondary N) is 1. The quantitative estimate of drug-likeness (QED) is 0.436. The summed E-state index contributed by atoms with van der Waals surface area (Å²) in [6.07, 6.45) is 8.75. The van der Waals surface area contributed by atoms with Gasteiger partial charge in [0.05, 0.1) is 5.38 Å². The lowest BCUT2D eigenvalue weighted by Gasteiger charge is -2.19. The van der Waals surface area contributed by atoms with Gasteiger partial charge in [-0.25, -0.2) is 0 Å². The van der Waals surface area contributed by atoms with E-state index in [1.807, 2.05) is 0 Å². The molecule has 1 N–H and O–H groups in total. The van der Waals surface area contributed by atoms with Gasteiger partial charge in [-0.15, -0.1) is 11.6 Å². The fraction of sp³-hybridized carbons (Fsp3) is 0.933. The van der Waals surface area contributed by atoms with Gasteiger partial charge >= 0.3 is 0 Å². The lowest BCUT2D eigenvalue weighted by molar-refractivity contribution is -0.121. The van der Waals surface area contributed by atoms with E-state index in [1.165, 1.54) is 19.3 Å². The van der Waals surface area contributed by atoms with E-state index in [1.54, 1.807) is 0 Å². The molecule has 0 saturated heterocycles. The number of unbranched alkanes of at least 4 members (excludes halogenated alkanes) is 4. The smallest absolute Gasteiger partial charge is 0.220 e. The van der Waals surface area contributed by atoms with Crippen molar-refractivity contribution in [3.8, 4) is 0 Å². The normalized spacial score (nSPS) is 12.7. The predicted molar refractivity (Wildman–Crippen MR) is 80.1 cm³/mol. The molecule has 0 rings (SSSR count). The maximum absolute atomic E-state index is 11.6. The maximum Gasteiger partial charge on any atom is 0.220 e. The van der Waals surface area contributed by atoms with Crippen LogP contribution in [0.3, 0.4) is 0 Å². The summed E-state index contributed by atoms with van der Waals surface area (Å²) in [6.45, 7) is 7.12. The van der Waals surface area contributed by atoms with Crippen LogP contribution in [0.15, 0.2) is 0 Å². The SMILES string of the molecule is CCCCCCCC(=O)NCC(Cl)C(CC)CC. The monoisotopic (exact) mass is 275 g/mol. The molecule has 0 bridgehead atoms. The van der Waals surface area contributed by atoms with Crippen molar-refractivity contribution in [3.05, 3.63) is 0 Å². The van der Waals surface area contributed by atoms with Gasteiger partial charge < -0.3 is 5.32 Å². The van der Waals surface area contributed by atoms with Gasteiger partial charge in [0.2, 0.25) is 5.91 Å². The first kappa shape index (κ1) is 17.8. The van der Waals surface area contributed by atoms with Crippen molar-refractivity contribution in [1.29, 1.82) is 0 Å². The van der Waals surface area contributed by atoms with Crippen LogP contribution < -0.4 is 5.32 Å². The van der Waals surface area contributed by atoms with E-state index in [4.69, 9.17) is 11.6 Å². The van der Waals surface area contributed by atoms with Gasteiger partial charge in [0.1, 0.15) is 0 Å². The number of alkyl halides is 1. The Morgan fingerprint density at radius 2 is 1.67 bits per heavy atom. The van der Waals surface area contributed by atoms with Crippen molar-refractivity contribution in [2.24, 2.45) is 5.92 Å². The zero-order valence-electron chi connectivity index (χ0n) is 12.3. The second-order valence-corrected chi connectivity index (χ2v) is 5.62. The average Bonchev–Trinajstić information content (AvgIpc) is 2.37. The van der Waals surface area contributed by atoms with Crippen molar-refractivity contribution < 1.29 is 4.79 Å². The predicted octanol–water partition coefficient (Wildman–Crippen LogP) is 4.51. The molecular formula is C15H30ClNO. The second kappa shape index (κ2) is 11.8. The Hall–Kier alpha value is -0.240. The molecule has 18 heavy (non-hydrogen) atoms. The fourth-order valence-corrected chi connectivity index (χ4v) is 2.59. The van der Waals surface area contributed by atoms with E-state index in [0.717, 1.165) is 25.7 Å². The number of amides is 1. The molecular weight excluding hydrogens is 246 g/mol. The Labute approximate surface area is 118 Å². The molecule has 0 aliphatic carbocycles. The number of hydrogen-bond donors (Lipinski definition) is 1. The highest BCUT2D eigenvalue weighted by atomic mass is 35.5. The summed E-state index contributed by atoms with van der Waals surface area (Å²) in [4.78, 5) is 11.6. The molecule has 0 radical (unpaired) electrons. The standard InChI is InChI=1S/C15H30ClNO/c1-4-7-8-9-10-11-15(18)17-12-14(16)13(5-2)6-3/h13-14H,4-12H2,1-3H3,(H,17,18). The third kappa shape index (κ3) is 8.79. The van der Waals surface area contributed by atoms with E-state index in [0.29, 0.717) is 18.9 Å². The van der Waals surface area contributed by atoms with Gasteiger partial charge in [-0.2, -0.15) is 0 Å². The number of carbonyl (C=O) groups excluding carboxylic acids is 1. The van der Waals surface area contributed by atoms with Crippen molar-refractivity contribution in [2.45, 2.75) is 77.5 Å². The first-order valence-electron chi connectivity index (χ1n) is 7.56. The van der Waals surface area contributed by atoms with Crippen LogP contribution in [0.5, 0.6) is 0 Å². The summed E-state index contributed by atoms with van der Waals surface area (Å²) in [5.74, 6) is 0.666. The summed E-state index contributed by atoms with van der Waals surface area (Å²) in [5.41, 5.74) is 0. The molecule has 3 heteroatoms. The van der Waals surface area contributed by atoms with E-state index in [2.05, 4.69) is 26.1 Å². The zero-order valence-corrected chi connectivity index (χ0v) is 13.1. The van der Waals surface area contributed by atoms with Crippen molar-refractivity contribution in [1.82, 2.24) is 5.32 Å². The highest BCUT2D eigenvalue weighted by Gasteiger charge is 2.16. The molecule has 0 spiro atoms. The van der Waals surface area contributed by atoms with Crippen LogP contribution in [0.25, 0.3) is 0 Å². The Bertz CT molecular complexity index is 205. The van der Waals surface area contributed by atoms with Gasteiger partial charge in [0.15, 0.2) is 0 Å². The molecule has 0 fully saturated rings. The highest BCUT2D eigenvalue weighted by molar-refractivity contribution is 6.21. The molecule has 2 nitrogen and oxygen atoms in total. The Balaban J connectivity index is 3.57. The summed E-state index contributed by atoms with van der Waals surface area (Å²) in [7, 11) is 0. The van der Waals surface area contributed by atoms with E-state index < -0.39 is 0 Å². The molecule has 0 aliphatic heterocycles. The third-order valence-electron chi connectivity index (χ3n) is 3.56. The van der Waals surface area contributed by atoms with Crippen LogP contribution in [-0.2, 0) is 4.79 Å². The van der Waals surface area contributed by atoms with E-state index in [-0.39, 0.29) is 11.3 Å². The average molecular weight is 276 g/mol. The van der Waals surface area contributed by atoms with Gasteiger partial charge in [-0.05, 0) is 12.3 Å². The molecule has 108 valence electrons. The molecule has 1 amide bonds. The minimum absolute atomic E-state index is 0.0732. The summed E-state index contributed by atoms with van der Waals surface area (Å²) >= 11 is 6.28. The Morgan fingerprint density at radius 3 is 2.22 bits per heavy atom. The molecule has 0 aromatic rings. The van der Waals surface area contributed by atoms with Gasteiger partial charge in [0, 0.05) is 13.0 Å². The molecule has 0 heterocycles. The van der Waals surface area contributed by atoms with Crippen LogP contribution in [-0.4, -0.2) is 17.8 Å². The fourth-order valence-electron chi connectivity index (χ4n) is 2.16. The van der Waals surface area contributed by atoms with Crippen LogP contribution >= 0.6 is 11.6 Å². The Kier molecular flexibility index (Phi) is 11.7. The molecule has 0 saturated carbocycles. The first-order chi connectivity index (χ1) is 8.65. The van der Waals surface area contributed by atoms with Gasteiger partial charge in [0.25, 0.3) is 0 Å².